The van der Waals surface area contributed by atoms with Crippen LogP contribution in [0.5, 0.6) is 0 Å². The van der Waals surface area contributed by atoms with Gasteiger partial charge in [0, 0.05) is 22.9 Å². The quantitative estimate of drug-likeness (QED) is 0.459. The smallest absolute Gasteiger partial charge is 0.341 e. The van der Waals surface area contributed by atoms with E-state index in [1.54, 1.807) is 48.7 Å². The maximum absolute atomic E-state index is 12.8. The monoisotopic (exact) mass is 460 g/mol. The second-order valence-electron chi connectivity index (χ2n) is 6.61. The number of rotatable bonds is 8. The number of furan rings is 1. The second kappa shape index (κ2) is 10.3. The first-order valence-corrected chi connectivity index (χ1v) is 10.8. The zero-order valence-electron chi connectivity index (χ0n) is 16.9. The van der Waals surface area contributed by atoms with Gasteiger partial charge in [0.2, 0.25) is 11.8 Å². The van der Waals surface area contributed by atoms with Crippen LogP contribution in [0.15, 0.2) is 52.5 Å². The van der Waals surface area contributed by atoms with E-state index in [0.717, 1.165) is 5.56 Å². The highest BCUT2D eigenvalue weighted by atomic mass is 35.5. The van der Waals surface area contributed by atoms with Crippen LogP contribution in [0.4, 0.5) is 5.00 Å². The van der Waals surface area contributed by atoms with Crippen LogP contribution in [-0.2, 0) is 14.3 Å². The Balaban J connectivity index is 1.83. The lowest BCUT2D eigenvalue weighted by Crippen LogP contribution is -2.29. The van der Waals surface area contributed by atoms with Crippen LogP contribution in [0.2, 0.25) is 5.02 Å². The van der Waals surface area contributed by atoms with Crippen LogP contribution in [0.1, 0.15) is 42.2 Å². The summed E-state index contributed by atoms with van der Waals surface area (Å²) in [6, 6.07) is 9.77. The third kappa shape index (κ3) is 5.74. The van der Waals surface area contributed by atoms with Gasteiger partial charge in [-0.1, -0.05) is 23.7 Å². The Morgan fingerprint density at radius 3 is 2.55 bits per heavy atom. The van der Waals surface area contributed by atoms with Crippen LogP contribution < -0.4 is 10.6 Å². The first kappa shape index (κ1) is 22.6. The molecule has 2 N–H and O–H groups in total. The zero-order valence-corrected chi connectivity index (χ0v) is 18.5. The molecule has 1 aromatic carbocycles. The van der Waals surface area contributed by atoms with E-state index in [9.17, 15) is 14.4 Å². The van der Waals surface area contributed by atoms with Crippen LogP contribution in [0, 0.1) is 0 Å². The highest BCUT2D eigenvalue weighted by Gasteiger charge is 2.25. The van der Waals surface area contributed by atoms with E-state index in [4.69, 9.17) is 20.8 Å². The Labute approximate surface area is 188 Å². The van der Waals surface area contributed by atoms with Crippen molar-refractivity contribution in [2.45, 2.75) is 26.3 Å². The largest absolute Gasteiger partial charge is 0.464 e. The highest BCUT2D eigenvalue weighted by molar-refractivity contribution is 7.15. The van der Waals surface area contributed by atoms with Crippen LogP contribution in [0.3, 0.4) is 0 Å². The van der Waals surface area contributed by atoms with Gasteiger partial charge in [-0.15, -0.1) is 11.3 Å². The molecule has 3 aromatic rings. The number of ether oxygens (including phenoxy) is 1. The molecule has 0 saturated carbocycles. The van der Waals surface area contributed by atoms with Crippen molar-refractivity contribution in [1.82, 2.24) is 5.32 Å². The summed E-state index contributed by atoms with van der Waals surface area (Å²) < 4.78 is 10.6. The van der Waals surface area contributed by atoms with Gasteiger partial charge in [-0.3, -0.25) is 9.59 Å². The molecular weight excluding hydrogens is 440 g/mol. The number of halogens is 1. The summed E-state index contributed by atoms with van der Waals surface area (Å²) in [5.74, 6) is -0.693. The molecule has 31 heavy (non-hydrogen) atoms. The van der Waals surface area contributed by atoms with Gasteiger partial charge < -0.3 is 19.8 Å². The maximum Gasteiger partial charge on any atom is 0.341 e. The van der Waals surface area contributed by atoms with Crippen molar-refractivity contribution < 1.29 is 23.5 Å². The lowest BCUT2D eigenvalue weighted by Gasteiger charge is -2.18. The highest BCUT2D eigenvalue weighted by Crippen LogP contribution is 2.36. The molecule has 0 saturated heterocycles. The first-order valence-electron chi connectivity index (χ1n) is 9.54. The summed E-state index contributed by atoms with van der Waals surface area (Å²) in [6.07, 6.45) is 1.47. The predicted molar refractivity (Wildman–Crippen MR) is 119 cm³/mol. The minimum absolute atomic E-state index is 0.0303. The number of nitrogens with one attached hydrogen (secondary N) is 2. The van der Waals surface area contributed by atoms with Gasteiger partial charge in [0.1, 0.15) is 16.3 Å². The average Bonchev–Trinajstić information content (AvgIpc) is 3.37. The predicted octanol–water partition coefficient (Wildman–Crippen LogP) is 5.04. The van der Waals surface area contributed by atoms with Crippen molar-refractivity contribution in [3.63, 3.8) is 0 Å². The molecular formula is C22H21ClN2O5S. The normalized spacial score (nSPS) is 11.6. The number of amides is 2. The number of anilines is 1. The summed E-state index contributed by atoms with van der Waals surface area (Å²) >= 11 is 7.13. The number of thiophene rings is 1. The standard InChI is InChI=1S/C22H21ClN2O5S/c1-3-29-22(28)20-16(18-5-4-10-30-18)12-31-21(20)25-19(27)11-17(24-13(2)26)14-6-8-15(23)9-7-14/h4-10,12,17H,3,11H2,1-2H3,(H,24,26)(H,25,27). The zero-order chi connectivity index (χ0) is 22.4. The van der Waals surface area contributed by atoms with Gasteiger partial charge in [0.15, 0.2) is 0 Å². The Bertz CT molecular complexity index is 1060. The van der Waals surface area contributed by atoms with Gasteiger partial charge in [-0.25, -0.2) is 4.79 Å². The van der Waals surface area contributed by atoms with Crippen molar-refractivity contribution >= 4 is 45.7 Å². The molecule has 0 fully saturated rings. The van der Waals surface area contributed by atoms with Crippen LogP contribution in [0.25, 0.3) is 11.3 Å². The summed E-state index contributed by atoms with van der Waals surface area (Å²) in [6.45, 7) is 3.29. The Morgan fingerprint density at radius 1 is 1.19 bits per heavy atom. The fraction of sp³-hybridized carbons (Fsp3) is 0.227. The van der Waals surface area contributed by atoms with Gasteiger partial charge in [-0.2, -0.15) is 0 Å². The summed E-state index contributed by atoms with van der Waals surface area (Å²) in [5.41, 5.74) is 1.51. The van der Waals surface area contributed by atoms with Gasteiger partial charge in [0.05, 0.1) is 25.3 Å². The molecule has 0 aliphatic heterocycles. The molecule has 0 bridgehead atoms. The maximum atomic E-state index is 12.8. The topological polar surface area (TPSA) is 97.6 Å². The molecule has 1 unspecified atom stereocenters. The van der Waals surface area contributed by atoms with E-state index in [0.29, 0.717) is 21.3 Å². The molecule has 1 atom stereocenters. The number of hydrogen-bond acceptors (Lipinski definition) is 6. The van der Waals surface area contributed by atoms with Crippen molar-refractivity contribution in [3.05, 3.63) is 64.2 Å². The lowest BCUT2D eigenvalue weighted by atomic mass is 10.0. The Hall–Kier alpha value is -3.10. The van der Waals surface area contributed by atoms with Crippen LogP contribution in [-0.4, -0.2) is 24.4 Å². The fourth-order valence-electron chi connectivity index (χ4n) is 3.02. The number of carbonyl (C=O) groups is 3. The molecule has 2 heterocycles. The minimum Gasteiger partial charge on any atom is -0.464 e. The van der Waals surface area contributed by atoms with Crippen molar-refractivity contribution in [2.24, 2.45) is 0 Å². The molecule has 0 aliphatic carbocycles. The van der Waals surface area contributed by atoms with E-state index in [1.807, 2.05) is 0 Å². The summed E-state index contributed by atoms with van der Waals surface area (Å²) in [5, 5.41) is 8.18. The lowest BCUT2D eigenvalue weighted by molar-refractivity contribution is -0.120. The van der Waals surface area contributed by atoms with E-state index in [-0.39, 0.29) is 30.4 Å². The molecule has 3 rings (SSSR count). The number of benzene rings is 1. The minimum atomic E-state index is -0.554. The fourth-order valence-corrected chi connectivity index (χ4v) is 4.10. The van der Waals surface area contributed by atoms with Gasteiger partial charge in [0.25, 0.3) is 0 Å². The third-order valence-corrected chi connectivity index (χ3v) is 5.50. The summed E-state index contributed by atoms with van der Waals surface area (Å²) in [4.78, 5) is 37.0. The number of hydrogen-bond donors (Lipinski definition) is 2. The van der Waals surface area contributed by atoms with Crippen molar-refractivity contribution in [2.75, 3.05) is 11.9 Å². The molecule has 7 nitrogen and oxygen atoms in total. The summed E-state index contributed by atoms with van der Waals surface area (Å²) in [7, 11) is 0. The van der Waals surface area contributed by atoms with E-state index < -0.39 is 12.0 Å². The number of carbonyl (C=O) groups excluding carboxylic acids is 3. The number of esters is 1. The van der Waals surface area contributed by atoms with Gasteiger partial charge >= 0.3 is 5.97 Å². The van der Waals surface area contributed by atoms with Crippen LogP contribution >= 0.6 is 22.9 Å². The second-order valence-corrected chi connectivity index (χ2v) is 7.92. The Morgan fingerprint density at radius 2 is 1.94 bits per heavy atom. The van der Waals surface area contributed by atoms with E-state index >= 15 is 0 Å². The molecule has 9 heteroatoms. The van der Waals surface area contributed by atoms with Gasteiger partial charge in [-0.05, 0) is 36.8 Å². The molecule has 162 valence electrons. The molecule has 0 radical (unpaired) electrons. The molecule has 0 aliphatic rings. The SMILES string of the molecule is CCOC(=O)c1c(-c2ccco2)csc1NC(=O)CC(NC(C)=O)c1ccc(Cl)cc1. The van der Waals surface area contributed by atoms with E-state index in [2.05, 4.69) is 10.6 Å². The molecule has 2 aromatic heterocycles. The first-order chi connectivity index (χ1) is 14.9. The van der Waals surface area contributed by atoms with Crippen molar-refractivity contribution in [3.8, 4) is 11.3 Å². The third-order valence-electron chi connectivity index (χ3n) is 4.35. The Kier molecular flexibility index (Phi) is 7.49. The van der Waals surface area contributed by atoms with E-state index in [1.165, 1.54) is 24.5 Å². The molecule has 0 spiro atoms. The molecule has 2 amide bonds. The average molecular weight is 461 g/mol. The van der Waals surface area contributed by atoms with Crippen molar-refractivity contribution in [1.29, 1.82) is 0 Å².